The van der Waals surface area contributed by atoms with Gasteiger partial charge >= 0.3 is 22.3 Å². The molecule has 5 fully saturated rings. The van der Waals surface area contributed by atoms with E-state index in [1.165, 1.54) is 49.8 Å². The third-order valence-electron chi connectivity index (χ3n) is 13.2. The molecule has 0 amide bonds. The lowest BCUT2D eigenvalue weighted by molar-refractivity contribution is -0.390. The van der Waals surface area contributed by atoms with Crippen molar-refractivity contribution in [3.8, 4) is 0 Å². The molecule has 25 atom stereocenters. The number of methoxy groups -OCH3 is 9. The van der Waals surface area contributed by atoms with Gasteiger partial charge in [0.15, 0.2) is 37.4 Å². The van der Waals surface area contributed by atoms with Crippen LogP contribution in [0.25, 0.3) is 0 Å². The Bertz CT molecular complexity index is 1810. The highest BCUT2D eigenvalue weighted by Gasteiger charge is 2.60. The predicted molar refractivity (Wildman–Crippen MR) is 233 cm³/mol. The molecule has 5 aliphatic rings. The van der Waals surface area contributed by atoms with E-state index in [1.807, 2.05) is 0 Å². The number of carboxylic acid groups (broad SMARTS) is 2. The highest BCUT2D eigenvalue weighted by atomic mass is 32.3. The number of hydrogen-bond donors (Lipinski definition) is 8. The topological polar surface area (TPSA) is 411 Å². The molecule has 9 N–H and O–H groups in total. The van der Waals surface area contributed by atoms with Crippen molar-refractivity contribution in [3.63, 3.8) is 0 Å². The first-order valence-electron chi connectivity index (χ1n) is 22.8. The van der Waals surface area contributed by atoms with Gasteiger partial charge in [0.2, 0.25) is 0 Å². The molecule has 0 unspecified atom stereocenters. The van der Waals surface area contributed by atoms with E-state index in [1.54, 1.807) is 0 Å². The van der Waals surface area contributed by atoms with E-state index in [0.717, 1.165) is 14.2 Å². The lowest BCUT2D eigenvalue weighted by Gasteiger charge is -2.50. The van der Waals surface area contributed by atoms with Gasteiger partial charge in [0.25, 0.3) is 0 Å². The molecule has 426 valence electrons. The fourth-order valence-electron chi connectivity index (χ4n) is 9.84. The first-order chi connectivity index (χ1) is 34.8. The second-order valence-corrected chi connectivity index (χ2v) is 18.2. The monoisotopic (exact) mass is 1090 g/mol. The Balaban J connectivity index is 1.38. The highest BCUT2D eigenvalue weighted by molar-refractivity contribution is 7.80. The molecule has 0 aliphatic carbocycles. The van der Waals surface area contributed by atoms with E-state index in [-0.39, 0.29) is 19.6 Å². The van der Waals surface area contributed by atoms with E-state index < -0.39 is 189 Å². The second kappa shape index (κ2) is 28.0. The van der Waals surface area contributed by atoms with Crippen LogP contribution in [0.4, 0.5) is 0 Å². The van der Waals surface area contributed by atoms with Crippen LogP contribution >= 0.6 is 0 Å². The number of aliphatic hydroxyl groups is 4. The molecule has 0 aromatic carbocycles. The number of carboxylic acids is 2. The van der Waals surface area contributed by atoms with Gasteiger partial charge in [0, 0.05) is 64.0 Å². The zero-order chi connectivity index (χ0) is 54.1. The summed E-state index contributed by atoms with van der Waals surface area (Å²) in [6.45, 7) is -1.72. The molecule has 0 bridgehead atoms. The van der Waals surface area contributed by atoms with Crippen LogP contribution in [-0.4, -0.2) is 299 Å². The second-order valence-electron chi connectivity index (χ2n) is 17.2. The average Bonchev–Trinajstić information content (AvgIpc) is 3.36. The number of aliphatic hydroxyl groups excluding tert-OH is 4. The Labute approximate surface area is 420 Å². The minimum Gasteiger partial charge on any atom is -0.479 e. The summed E-state index contributed by atoms with van der Waals surface area (Å²) >= 11 is 0. The summed E-state index contributed by atoms with van der Waals surface area (Å²) in [7, 11) is 6.08. The van der Waals surface area contributed by atoms with Crippen molar-refractivity contribution < 1.29 is 143 Å². The molecule has 0 aromatic heterocycles. The van der Waals surface area contributed by atoms with Crippen molar-refractivity contribution in [2.24, 2.45) is 5.73 Å². The standard InChI is InChI=1S/C41H71NO30S/c1-54-14-18-24(30(72-73(51,52)53)22(55-2)15(63-18)10-11-42)67-41-35(62-9)26(58-5)28(31(71-41)36(47)48)68-38-20(46)19(45)21(16(12-43)64-38)66-40-34(61-8)27(59-6)29(32(70-40)37(49)50)69-39-33(60-7)25(57-4)23(56-3)17(13-44)65-39/h15-35,38-41,43-46H,10-14,42H2,1-9H3,(H,47,48)(H,49,50)(H,51,52,53)/t15-,16+,17+,18+,19+,20+,21+,22-,23+,24+,25-,26-,27-,28-,29-,30+,31+,32-,33+,34+,35+,38+,39+,40+,41+/m0/s1. The molecule has 5 rings (SSSR count). The highest BCUT2D eigenvalue weighted by Crippen LogP contribution is 2.39. The van der Waals surface area contributed by atoms with E-state index in [0.29, 0.717) is 0 Å². The maximum Gasteiger partial charge on any atom is 0.397 e. The normalized spacial score (nSPS) is 43.7. The fraction of sp³-hybridized carbons (Fsp3) is 0.951. The molecular formula is C41H71NO30S. The summed E-state index contributed by atoms with van der Waals surface area (Å²) in [5, 5.41) is 65.0. The number of hydrogen-bond acceptors (Lipinski definition) is 28. The largest absolute Gasteiger partial charge is 0.479 e. The predicted octanol–water partition coefficient (Wildman–Crippen LogP) is -5.63. The van der Waals surface area contributed by atoms with Crippen molar-refractivity contribution >= 4 is 22.3 Å². The fourth-order valence-corrected chi connectivity index (χ4v) is 10.3. The van der Waals surface area contributed by atoms with Crippen molar-refractivity contribution in [1.29, 1.82) is 0 Å². The molecule has 0 saturated carbocycles. The molecular weight excluding hydrogens is 1020 g/mol. The van der Waals surface area contributed by atoms with Gasteiger partial charge in [0.1, 0.15) is 110 Å². The Morgan fingerprint density at radius 1 is 0.466 bits per heavy atom. The van der Waals surface area contributed by atoms with Gasteiger partial charge in [-0.05, 0) is 13.0 Å². The van der Waals surface area contributed by atoms with Crippen LogP contribution in [0.3, 0.4) is 0 Å². The maximum absolute atomic E-state index is 13.0. The Morgan fingerprint density at radius 3 is 1.26 bits per heavy atom. The summed E-state index contributed by atoms with van der Waals surface area (Å²) in [4.78, 5) is 25.9. The molecule has 73 heavy (non-hydrogen) atoms. The smallest absolute Gasteiger partial charge is 0.397 e. The van der Waals surface area contributed by atoms with E-state index in [9.17, 15) is 53.2 Å². The molecule has 0 spiro atoms. The maximum atomic E-state index is 13.0. The third-order valence-corrected chi connectivity index (χ3v) is 13.6. The van der Waals surface area contributed by atoms with Crippen LogP contribution in [-0.2, 0) is 109 Å². The Kier molecular flexibility index (Phi) is 23.7. The number of carbonyl (C=O) groups is 2. The zero-order valence-electron chi connectivity index (χ0n) is 41.5. The summed E-state index contributed by atoms with van der Waals surface area (Å²) in [6.07, 6.45) is -38.0. The van der Waals surface area contributed by atoms with Crippen molar-refractivity contribution in [2.45, 2.75) is 160 Å². The van der Waals surface area contributed by atoms with Crippen molar-refractivity contribution in [2.75, 3.05) is 90.4 Å². The number of nitrogens with two attached hydrogens (primary N) is 1. The summed E-state index contributed by atoms with van der Waals surface area (Å²) in [5.41, 5.74) is 5.77. The van der Waals surface area contributed by atoms with Gasteiger partial charge in [-0.25, -0.2) is 13.8 Å². The molecule has 31 nitrogen and oxygen atoms in total. The first kappa shape index (κ1) is 61.7. The number of rotatable bonds is 26. The van der Waals surface area contributed by atoms with Crippen molar-refractivity contribution in [1.82, 2.24) is 0 Å². The molecule has 5 aliphatic heterocycles. The Hall–Kier alpha value is -2.11. The van der Waals surface area contributed by atoms with Gasteiger partial charge in [0.05, 0.1) is 25.9 Å². The van der Waals surface area contributed by atoms with Crippen molar-refractivity contribution in [3.05, 3.63) is 0 Å². The quantitative estimate of drug-likeness (QED) is 0.0374. The molecule has 32 heteroatoms. The summed E-state index contributed by atoms with van der Waals surface area (Å²) in [6, 6.07) is 0. The lowest BCUT2D eigenvalue weighted by Crippen LogP contribution is -2.69. The number of aliphatic carboxylic acids is 2. The van der Waals surface area contributed by atoms with Crippen LogP contribution < -0.4 is 5.73 Å². The van der Waals surface area contributed by atoms with Crippen LogP contribution in [0.2, 0.25) is 0 Å². The summed E-state index contributed by atoms with van der Waals surface area (Å²) < 4.78 is 144. The first-order valence-corrected chi connectivity index (χ1v) is 24.2. The number of ether oxygens (including phenoxy) is 18. The van der Waals surface area contributed by atoms with E-state index in [2.05, 4.69) is 0 Å². The van der Waals surface area contributed by atoms with Crippen LogP contribution in [0.15, 0.2) is 0 Å². The average molecular weight is 1090 g/mol. The molecule has 5 heterocycles. The SMILES string of the molecule is COC[C@H]1O[C@@H](CCN)[C@H](OC)[C@@H](OS(=O)(=O)O)[C@@H]1O[C@@H]1O[C@@H](C(=O)O)[C@@H](O[C@H]2O[C@H](CO)[C@@H](O[C@@H]3O[C@H](C(=O)O)[C@@H](O[C@H]4O[C@H](CO)[C@@H](OC)[C@H](OC)[C@H]4OC)[C@H](OC)[C@H]3OC)[C@H](O)[C@H]2O)[C@H](OC)[C@H]1OC. The third kappa shape index (κ3) is 13.8. The van der Waals surface area contributed by atoms with Gasteiger partial charge in [-0.15, -0.1) is 0 Å². The Morgan fingerprint density at radius 2 is 0.849 bits per heavy atom. The minimum absolute atomic E-state index is 0.0578. The van der Waals surface area contributed by atoms with Gasteiger partial charge in [-0.3, -0.25) is 4.55 Å². The van der Waals surface area contributed by atoms with E-state index in [4.69, 9.17) is 95.2 Å². The van der Waals surface area contributed by atoms with Crippen LogP contribution in [0.1, 0.15) is 6.42 Å². The molecule has 5 saturated heterocycles. The minimum atomic E-state index is -5.21. The summed E-state index contributed by atoms with van der Waals surface area (Å²) in [5.74, 6) is -3.29. The van der Waals surface area contributed by atoms with Crippen LogP contribution in [0.5, 0.6) is 0 Å². The lowest BCUT2D eigenvalue weighted by atomic mass is 9.92. The van der Waals surface area contributed by atoms with Crippen LogP contribution in [0, 0.1) is 0 Å². The van der Waals surface area contributed by atoms with Gasteiger partial charge in [-0.2, -0.15) is 8.42 Å². The molecule has 0 radical (unpaired) electrons. The van der Waals surface area contributed by atoms with Gasteiger partial charge in [-0.1, -0.05) is 0 Å². The zero-order valence-corrected chi connectivity index (χ0v) is 42.3. The molecule has 0 aromatic rings. The van der Waals surface area contributed by atoms with E-state index >= 15 is 0 Å². The van der Waals surface area contributed by atoms with Gasteiger partial charge < -0.3 is 122 Å².